The normalized spacial score (nSPS) is 13.9. The van der Waals surface area contributed by atoms with Gasteiger partial charge in [0.2, 0.25) is 0 Å². The van der Waals surface area contributed by atoms with Crippen molar-refractivity contribution in [3.8, 4) is 0 Å². The van der Waals surface area contributed by atoms with Gasteiger partial charge in [-0.25, -0.2) is 9.13 Å². The number of carbonyl (C=O) groups is 4. The minimum atomic E-state index is -4.96. The predicted molar refractivity (Wildman–Crippen MR) is 400 cm³/mol. The van der Waals surface area contributed by atoms with E-state index in [1.807, 2.05) is 0 Å². The molecule has 0 saturated carbocycles. The molecule has 582 valence electrons. The van der Waals surface area contributed by atoms with Crippen LogP contribution in [-0.2, 0) is 65.4 Å². The van der Waals surface area contributed by atoms with E-state index in [9.17, 15) is 43.2 Å². The summed E-state index contributed by atoms with van der Waals surface area (Å²) in [5, 5.41) is 10.6. The zero-order valence-corrected chi connectivity index (χ0v) is 65.7. The van der Waals surface area contributed by atoms with Gasteiger partial charge in [-0.1, -0.05) is 369 Å². The van der Waals surface area contributed by atoms with Crippen molar-refractivity contribution in [3.63, 3.8) is 0 Å². The Hall–Kier alpha value is -1.94. The number of unbranched alkanes of at least 4 members (excludes halogenated alkanes) is 51. The van der Waals surface area contributed by atoms with Crippen LogP contribution in [0.3, 0.4) is 0 Å². The van der Waals surface area contributed by atoms with Crippen LogP contribution in [0.25, 0.3) is 0 Å². The Morgan fingerprint density at radius 2 is 0.469 bits per heavy atom. The smallest absolute Gasteiger partial charge is 0.462 e. The highest BCUT2D eigenvalue weighted by Gasteiger charge is 2.30. The Bertz CT molecular complexity index is 1870. The molecule has 2 unspecified atom stereocenters. The average Bonchev–Trinajstić information content (AvgIpc) is 1.10. The minimum Gasteiger partial charge on any atom is -0.462 e. The quantitative estimate of drug-likeness (QED) is 0.0222. The third kappa shape index (κ3) is 72.4. The van der Waals surface area contributed by atoms with E-state index in [1.165, 1.54) is 244 Å². The summed E-state index contributed by atoms with van der Waals surface area (Å²) < 4.78 is 68.6. The van der Waals surface area contributed by atoms with Gasteiger partial charge in [0.05, 0.1) is 26.4 Å². The Labute approximate surface area is 600 Å². The molecule has 0 radical (unpaired) electrons. The lowest BCUT2D eigenvalue weighted by Gasteiger charge is -2.21. The van der Waals surface area contributed by atoms with Crippen molar-refractivity contribution in [1.82, 2.24) is 0 Å². The van der Waals surface area contributed by atoms with Gasteiger partial charge in [0, 0.05) is 25.7 Å². The zero-order chi connectivity index (χ0) is 71.9. The molecule has 0 aromatic heterocycles. The zero-order valence-electron chi connectivity index (χ0n) is 63.9. The van der Waals surface area contributed by atoms with Crippen LogP contribution in [0.15, 0.2) is 0 Å². The maximum absolute atomic E-state index is 13.1. The summed E-state index contributed by atoms with van der Waals surface area (Å²) in [6.07, 6.45) is 62.4. The molecule has 0 aliphatic rings. The fourth-order valence-electron chi connectivity index (χ4n) is 12.2. The summed E-state index contributed by atoms with van der Waals surface area (Å²) in [6.45, 7) is 7.33. The van der Waals surface area contributed by atoms with Crippen LogP contribution in [0.4, 0.5) is 0 Å². The van der Waals surface area contributed by atoms with Crippen molar-refractivity contribution in [1.29, 1.82) is 0 Å². The van der Waals surface area contributed by atoms with Gasteiger partial charge in [0.25, 0.3) is 0 Å². The Morgan fingerprint density at radius 1 is 0.276 bits per heavy atom. The lowest BCUT2D eigenvalue weighted by molar-refractivity contribution is -0.161. The number of carbonyl (C=O) groups excluding carboxylic acids is 4. The summed E-state index contributed by atoms with van der Waals surface area (Å²) in [7, 11) is -9.91. The van der Waals surface area contributed by atoms with Gasteiger partial charge in [-0.05, 0) is 31.6 Å². The molecule has 0 amide bonds. The van der Waals surface area contributed by atoms with Gasteiger partial charge in [-0.3, -0.25) is 37.3 Å². The SMILES string of the molecule is CCCCCCCCCCCCCCCCCCCCC(=O)OC[C@H](COP(=O)(O)OC[C@@H](O)COP(=O)(O)OC[C@@H](COC(=O)CCCCCCCCCCC)OC(=O)CCCCCCCCCCCCCC)OC(=O)CCCCCCCCCCCCCCCCCCC(C)C. The number of hydrogen-bond donors (Lipinski definition) is 3. The van der Waals surface area contributed by atoms with Crippen molar-refractivity contribution < 1.29 is 80.2 Å². The molecule has 0 aliphatic heterocycles. The minimum absolute atomic E-state index is 0.108. The first-order valence-electron chi connectivity index (χ1n) is 41.1. The molecule has 0 heterocycles. The van der Waals surface area contributed by atoms with Crippen LogP contribution in [0.5, 0.6) is 0 Å². The molecule has 3 N–H and O–H groups in total. The molecular formula is C79H154O17P2. The lowest BCUT2D eigenvalue weighted by atomic mass is 10.0. The van der Waals surface area contributed by atoms with Crippen molar-refractivity contribution in [2.45, 2.75) is 438 Å². The highest BCUT2D eigenvalue weighted by molar-refractivity contribution is 7.47. The van der Waals surface area contributed by atoms with Crippen molar-refractivity contribution >= 4 is 39.5 Å². The molecule has 0 spiro atoms. The second kappa shape index (κ2) is 72.0. The standard InChI is InChI=1S/C79H154O17P2/c1-6-9-12-15-18-21-23-25-26-27-28-32-35-39-43-48-53-58-63-77(82)90-69-75(96-79(84)65-60-55-50-45-40-36-33-30-29-31-34-37-42-46-51-56-61-72(4)5)71-94-98(87,88)92-67-73(80)66-91-97(85,86)93-70-74(68-89-76(81)62-57-52-47-41-20-17-14-11-8-3)95-78(83)64-59-54-49-44-38-24-22-19-16-13-10-7-2/h72-75,80H,6-71H2,1-5H3,(H,85,86)(H,87,88)/t73-,74+,75+/m0/s1. The van der Waals surface area contributed by atoms with Gasteiger partial charge in [-0.15, -0.1) is 0 Å². The van der Waals surface area contributed by atoms with Crippen LogP contribution in [-0.4, -0.2) is 96.7 Å². The number of esters is 4. The fourth-order valence-corrected chi connectivity index (χ4v) is 13.8. The van der Waals surface area contributed by atoms with E-state index in [4.69, 9.17) is 37.0 Å². The van der Waals surface area contributed by atoms with Crippen molar-refractivity contribution in [2.24, 2.45) is 5.92 Å². The molecule has 0 aliphatic carbocycles. The Morgan fingerprint density at radius 3 is 0.694 bits per heavy atom. The molecule has 0 aromatic rings. The second-order valence-electron chi connectivity index (χ2n) is 28.9. The van der Waals surface area contributed by atoms with E-state index in [-0.39, 0.29) is 25.7 Å². The van der Waals surface area contributed by atoms with E-state index >= 15 is 0 Å². The third-order valence-electron chi connectivity index (χ3n) is 18.5. The predicted octanol–water partition coefficient (Wildman–Crippen LogP) is 23.6. The first-order valence-corrected chi connectivity index (χ1v) is 44.1. The first kappa shape index (κ1) is 96.1. The molecule has 98 heavy (non-hydrogen) atoms. The molecule has 0 aromatic carbocycles. The van der Waals surface area contributed by atoms with Gasteiger partial charge in [0.15, 0.2) is 12.2 Å². The van der Waals surface area contributed by atoms with Crippen molar-refractivity contribution in [2.75, 3.05) is 39.6 Å². The van der Waals surface area contributed by atoms with Crippen molar-refractivity contribution in [3.05, 3.63) is 0 Å². The third-order valence-corrected chi connectivity index (χ3v) is 20.4. The summed E-state index contributed by atoms with van der Waals surface area (Å²) >= 11 is 0. The van der Waals surface area contributed by atoms with Gasteiger partial charge in [0.1, 0.15) is 19.3 Å². The summed E-state index contributed by atoms with van der Waals surface area (Å²) in [5.74, 6) is -1.30. The van der Waals surface area contributed by atoms with Crippen LogP contribution >= 0.6 is 15.6 Å². The molecule has 0 bridgehead atoms. The number of ether oxygens (including phenoxy) is 4. The molecule has 0 rings (SSSR count). The van der Waals surface area contributed by atoms with Crippen LogP contribution in [0.2, 0.25) is 0 Å². The largest absolute Gasteiger partial charge is 0.472 e. The summed E-state index contributed by atoms with van der Waals surface area (Å²) in [6, 6.07) is 0. The molecule has 5 atom stereocenters. The van der Waals surface area contributed by atoms with Crippen LogP contribution in [0, 0.1) is 5.92 Å². The first-order chi connectivity index (χ1) is 47.5. The van der Waals surface area contributed by atoms with Gasteiger partial charge >= 0.3 is 39.5 Å². The number of phosphoric ester groups is 2. The molecule has 19 heteroatoms. The monoisotopic (exact) mass is 1440 g/mol. The number of aliphatic hydroxyl groups excluding tert-OH is 1. The number of hydrogen-bond acceptors (Lipinski definition) is 15. The van der Waals surface area contributed by atoms with Gasteiger partial charge < -0.3 is 33.8 Å². The number of aliphatic hydroxyl groups is 1. The Balaban J connectivity index is 5.21. The molecule has 0 saturated heterocycles. The second-order valence-corrected chi connectivity index (χ2v) is 31.8. The topological polar surface area (TPSA) is 237 Å². The van der Waals surface area contributed by atoms with E-state index in [2.05, 4.69) is 34.6 Å². The number of phosphoric acid groups is 2. The highest BCUT2D eigenvalue weighted by atomic mass is 31.2. The fraction of sp³-hybridized carbons (Fsp3) is 0.949. The number of rotatable bonds is 79. The Kier molecular flexibility index (Phi) is 70.6. The average molecular weight is 1440 g/mol. The maximum Gasteiger partial charge on any atom is 0.472 e. The van der Waals surface area contributed by atoms with Crippen LogP contribution in [0.1, 0.15) is 420 Å². The molecule has 17 nitrogen and oxygen atoms in total. The van der Waals surface area contributed by atoms with E-state index < -0.39 is 97.5 Å². The molecular weight excluding hydrogens is 1280 g/mol. The maximum atomic E-state index is 13.1. The van der Waals surface area contributed by atoms with E-state index in [0.29, 0.717) is 25.7 Å². The van der Waals surface area contributed by atoms with Gasteiger partial charge in [-0.2, -0.15) is 0 Å². The molecule has 0 fully saturated rings. The van der Waals surface area contributed by atoms with Crippen LogP contribution < -0.4 is 0 Å². The highest BCUT2D eigenvalue weighted by Crippen LogP contribution is 2.45. The van der Waals surface area contributed by atoms with E-state index in [1.54, 1.807) is 0 Å². The lowest BCUT2D eigenvalue weighted by Crippen LogP contribution is -2.30. The summed E-state index contributed by atoms with van der Waals surface area (Å²) in [5.41, 5.74) is 0. The summed E-state index contributed by atoms with van der Waals surface area (Å²) in [4.78, 5) is 72.9. The van der Waals surface area contributed by atoms with E-state index in [0.717, 1.165) is 95.8 Å².